The summed E-state index contributed by atoms with van der Waals surface area (Å²) in [6, 6.07) is 1.93. The lowest BCUT2D eigenvalue weighted by Crippen LogP contribution is -2.35. The van der Waals surface area contributed by atoms with Crippen molar-refractivity contribution in [3.63, 3.8) is 0 Å². The first-order valence-corrected chi connectivity index (χ1v) is 9.88. The third kappa shape index (κ3) is 3.02. The largest absolute Gasteiger partial charge is 0.492 e. The second kappa shape index (κ2) is 7.31. The fraction of sp³-hybridized carbons (Fsp3) is 0.381. The quantitative estimate of drug-likeness (QED) is 0.625. The molecule has 0 saturated heterocycles. The van der Waals surface area contributed by atoms with Crippen LogP contribution in [0.2, 0.25) is 0 Å². The number of benzene rings is 1. The van der Waals surface area contributed by atoms with Crippen molar-refractivity contribution in [3.05, 3.63) is 45.5 Å². The molecule has 0 radical (unpaired) electrons. The van der Waals surface area contributed by atoms with Crippen molar-refractivity contribution in [1.82, 2.24) is 19.7 Å². The Labute approximate surface area is 177 Å². The van der Waals surface area contributed by atoms with E-state index in [9.17, 15) is 9.59 Å². The lowest BCUT2D eigenvalue weighted by atomic mass is 9.91. The third-order valence-corrected chi connectivity index (χ3v) is 5.95. The lowest BCUT2D eigenvalue weighted by molar-refractivity contribution is 0.0600. The van der Waals surface area contributed by atoms with Gasteiger partial charge in [-0.15, -0.1) is 0 Å². The number of methoxy groups -OCH3 is 2. The van der Waals surface area contributed by atoms with Gasteiger partial charge >= 0.3 is 5.97 Å². The number of H-pyrrole nitrogens is 1. The first-order valence-electron chi connectivity index (χ1n) is 9.88. The Balaban J connectivity index is 1.63. The van der Waals surface area contributed by atoms with Crippen LogP contribution in [0, 0.1) is 0 Å². The highest BCUT2D eigenvalue weighted by molar-refractivity contribution is 5.95. The first kappa shape index (κ1) is 19.4. The van der Waals surface area contributed by atoms with E-state index in [1.165, 1.54) is 7.11 Å². The van der Waals surface area contributed by atoms with Gasteiger partial charge in [-0.3, -0.25) is 9.69 Å². The van der Waals surface area contributed by atoms with Crippen molar-refractivity contribution in [2.75, 3.05) is 34.6 Å². The number of ether oxygens (including phenoxy) is 4. The topological polar surface area (TPSA) is 108 Å². The molecule has 162 valence electrons. The normalized spacial score (nSPS) is 17.6. The molecule has 10 nitrogen and oxygen atoms in total. The summed E-state index contributed by atoms with van der Waals surface area (Å²) in [4.78, 5) is 26.8. The minimum Gasteiger partial charge on any atom is -0.492 e. The lowest BCUT2D eigenvalue weighted by Gasteiger charge is -2.36. The number of nitrogens with one attached hydrogen (secondary N) is 1. The van der Waals surface area contributed by atoms with Crippen molar-refractivity contribution in [3.8, 4) is 28.5 Å². The monoisotopic (exact) mass is 426 g/mol. The van der Waals surface area contributed by atoms with Crippen LogP contribution in [-0.4, -0.2) is 60.2 Å². The minimum absolute atomic E-state index is 0.0804. The van der Waals surface area contributed by atoms with E-state index in [-0.39, 0.29) is 24.0 Å². The number of aromatic nitrogens is 3. The van der Waals surface area contributed by atoms with E-state index in [4.69, 9.17) is 18.9 Å². The molecule has 0 aliphatic carbocycles. The molecule has 0 unspecified atom stereocenters. The molecule has 10 heteroatoms. The summed E-state index contributed by atoms with van der Waals surface area (Å²) < 4.78 is 23.7. The number of fused-ring (bicyclic) bond motifs is 3. The number of likely N-dealkylation sites (N-methyl/N-ethyl adjacent to an activating group) is 1. The fourth-order valence-electron chi connectivity index (χ4n) is 4.41. The van der Waals surface area contributed by atoms with Crippen LogP contribution in [0.5, 0.6) is 17.2 Å². The number of rotatable bonds is 4. The molecule has 0 fully saturated rings. The number of hydrogen-bond donors (Lipinski definition) is 1. The molecule has 4 aliphatic rings. The van der Waals surface area contributed by atoms with Gasteiger partial charge in [0.25, 0.3) is 5.56 Å². The molecular formula is C21H22N4O6. The second-order valence-electron chi connectivity index (χ2n) is 7.64. The van der Waals surface area contributed by atoms with Crippen LogP contribution in [0.25, 0.3) is 11.3 Å². The van der Waals surface area contributed by atoms with E-state index in [0.29, 0.717) is 35.1 Å². The van der Waals surface area contributed by atoms with Crippen molar-refractivity contribution in [1.29, 1.82) is 0 Å². The van der Waals surface area contributed by atoms with Gasteiger partial charge in [0.1, 0.15) is 11.3 Å². The molecule has 0 amide bonds. The molecule has 0 saturated carbocycles. The Kier molecular flexibility index (Phi) is 4.58. The van der Waals surface area contributed by atoms with Crippen molar-refractivity contribution in [2.45, 2.75) is 19.0 Å². The molecule has 4 aliphatic heterocycles. The maximum Gasteiger partial charge on any atom is 0.341 e. The van der Waals surface area contributed by atoms with Gasteiger partial charge in [0, 0.05) is 31.0 Å². The summed E-state index contributed by atoms with van der Waals surface area (Å²) in [5.41, 5.74) is 2.65. The van der Waals surface area contributed by atoms with Crippen LogP contribution >= 0.6 is 0 Å². The second-order valence-corrected chi connectivity index (χ2v) is 7.64. The molecule has 1 N–H and O–H groups in total. The van der Waals surface area contributed by atoms with Crippen molar-refractivity contribution < 1.29 is 23.7 Å². The summed E-state index contributed by atoms with van der Waals surface area (Å²) in [7, 11) is 4.96. The molecular weight excluding hydrogens is 404 g/mol. The van der Waals surface area contributed by atoms with Crippen molar-refractivity contribution in [2.24, 2.45) is 0 Å². The highest BCUT2D eigenvalue weighted by Crippen LogP contribution is 2.49. The molecule has 1 aromatic rings. The maximum atomic E-state index is 12.3. The number of aromatic amines is 1. The van der Waals surface area contributed by atoms with Gasteiger partial charge in [0.2, 0.25) is 12.5 Å². The van der Waals surface area contributed by atoms with Crippen LogP contribution in [0.1, 0.15) is 27.5 Å². The molecule has 5 rings (SSSR count). The third-order valence-electron chi connectivity index (χ3n) is 5.95. The van der Waals surface area contributed by atoms with E-state index in [2.05, 4.69) is 15.1 Å². The Morgan fingerprint density at radius 2 is 2.16 bits per heavy atom. The molecule has 1 aromatic carbocycles. The molecule has 1 atom stereocenters. The molecule has 0 aromatic heterocycles. The van der Waals surface area contributed by atoms with Gasteiger partial charge in [-0.1, -0.05) is 0 Å². The highest BCUT2D eigenvalue weighted by Gasteiger charge is 2.34. The van der Waals surface area contributed by atoms with E-state index in [0.717, 1.165) is 24.1 Å². The standard InChI is InChI=1S/C21H22N4O6/c1-24-5-4-11-6-15-18(31-10-30-15)19(28-2)16(11)14(24)9-25-7-12-17(22-23-20(12)26)13(8-25)21(27)29-3/h6-8,14H,4-5,9-10H2,1-3H3,(H,23,26)/t14-/m0/s1. The summed E-state index contributed by atoms with van der Waals surface area (Å²) in [6.45, 7) is 1.48. The SMILES string of the molecule is COC(=O)c1cn(C[C@H]2c3c(cc4c(c3OC)OCO4)CCN2C)cc2c(=O)[nH]nc1-2. The Bertz CT molecular complexity index is 1200. The van der Waals surface area contributed by atoms with E-state index < -0.39 is 5.97 Å². The fourth-order valence-corrected chi connectivity index (χ4v) is 4.41. The van der Waals surface area contributed by atoms with Crippen LogP contribution in [-0.2, 0) is 17.7 Å². The van der Waals surface area contributed by atoms with Crippen molar-refractivity contribution >= 4 is 5.97 Å². The predicted octanol–water partition coefficient (Wildman–Crippen LogP) is 1.43. The number of hydrogen-bond acceptors (Lipinski definition) is 8. The van der Waals surface area contributed by atoms with Crippen LogP contribution in [0.3, 0.4) is 0 Å². The zero-order chi connectivity index (χ0) is 21.7. The highest BCUT2D eigenvalue weighted by atomic mass is 16.7. The van der Waals surface area contributed by atoms with E-state index >= 15 is 0 Å². The van der Waals surface area contributed by atoms with Gasteiger partial charge in [-0.25, -0.2) is 9.89 Å². The first-order chi connectivity index (χ1) is 15.0. The number of esters is 1. The van der Waals surface area contributed by atoms with E-state index in [1.54, 1.807) is 19.5 Å². The Morgan fingerprint density at radius 3 is 2.94 bits per heavy atom. The zero-order valence-electron chi connectivity index (χ0n) is 17.4. The summed E-state index contributed by atoms with van der Waals surface area (Å²) in [5.74, 6) is 1.40. The molecule has 4 heterocycles. The Hall–Kier alpha value is -3.53. The molecule has 31 heavy (non-hydrogen) atoms. The molecule has 0 bridgehead atoms. The van der Waals surface area contributed by atoms with Gasteiger partial charge in [-0.05, 0) is 25.1 Å². The minimum atomic E-state index is -0.552. The maximum absolute atomic E-state index is 12.3. The Morgan fingerprint density at radius 1 is 1.32 bits per heavy atom. The van der Waals surface area contributed by atoms with Crippen LogP contribution in [0.4, 0.5) is 0 Å². The predicted molar refractivity (Wildman–Crippen MR) is 109 cm³/mol. The zero-order valence-corrected chi connectivity index (χ0v) is 17.4. The average molecular weight is 426 g/mol. The van der Waals surface area contributed by atoms with Gasteiger partial charge in [0.05, 0.1) is 25.8 Å². The number of carbonyl (C=O) groups excluding carboxylic acids is 1. The smallest absolute Gasteiger partial charge is 0.341 e. The summed E-state index contributed by atoms with van der Waals surface area (Å²) >= 11 is 0. The van der Waals surface area contributed by atoms with Gasteiger partial charge in [0.15, 0.2) is 11.5 Å². The summed E-state index contributed by atoms with van der Waals surface area (Å²) in [6.07, 6.45) is 4.21. The van der Waals surface area contributed by atoms with Crippen LogP contribution in [0.15, 0.2) is 23.3 Å². The summed E-state index contributed by atoms with van der Waals surface area (Å²) in [5, 5.41) is 6.39. The number of carbonyl (C=O) groups is 1. The number of pyridine rings is 1. The van der Waals surface area contributed by atoms with Gasteiger partial charge in [-0.2, -0.15) is 5.10 Å². The van der Waals surface area contributed by atoms with E-state index in [1.807, 2.05) is 17.7 Å². The number of nitrogens with zero attached hydrogens (tertiary/aromatic N) is 3. The molecule has 0 spiro atoms. The average Bonchev–Trinajstić information content (AvgIpc) is 3.40. The van der Waals surface area contributed by atoms with Crippen LogP contribution < -0.4 is 19.8 Å². The van der Waals surface area contributed by atoms with Gasteiger partial charge < -0.3 is 23.5 Å².